The number of aliphatic hydroxyl groups is 1. The molecule has 1 saturated carbocycles. The van der Waals surface area contributed by atoms with Crippen LogP contribution in [-0.4, -0.2) is 26.2 Å². The molecular weight excluding hydrogens is 345 g/mol. The summed E-state index contributed by atoms with van der Waals surface area (Å²) in [5, 5.41) is 9.91. The van der Waals surface area contributed by atoms with Gasteiger partial charge in [0.2, 0.25) is 10.0 Å². The van der Waals surface area contributed by atoms with E-state index in [2.05, 4.69) is 4.72 Å². The molecule has 1 aromatic carbocycles. The average Bonchev–Trinajstić information content (AvgIpc) is 2.70. The lowest BCUT2D eigenvalue weighted by Gasteiger charge is -2.16. The Bertz CT molecular complexity index is 583. The van der Waals surface area contributed by atoms with Crippen molar-refractivity contribution in [3.8, 4) is 0 Å². The number of sulfonamides is 1. The molecule has 2 unspecified atom stereocenters. The van der Waals surface area contributed by atoms with Crippen LogP contribution in [0, 0.1) is 5.92 Å². The molecule has 0 aromatic heterocycles. The van der Waals surface area contributed by atoms with Gasteiger partial charge in [-0.15, -0.1) is 0 Å². The van der Waals surface area contributed by atoms with Crippen LogP contribution in [0.1, 0.15) is 19.3 Å². The molecule has 1 aliphatic carbocycles. The summed E-state index contributed by atoms with van der Waals surface area (Å²) in [6.07, 6.45) is 1.94. The van der Waals surface area contributed by atoms with E-state index in [0.29, 0.717) is 6.42 Å². The van der Waals surface area contributed by atoms with Crippen molar-refractivity contribution in [2.45, 2.75) is 30.3 Å². The van der Waals surface area contributed by atoms with Crippen molar-refractivity contribution in [2.24, 2.45) is 5.92 Å². The Morgan fingerprint density at radius 3 is 2.30 bits per heavy atom. The molecule has 1 aliphatic rings. The van der Waals surface area contributed by atoms with Crippen LogP contribution < -0.4 is 4.72 Å². The number of hydrogen-bond acceptors (Lipinski definition) is 3. The van der Waals surface area contributed by atoms with Crippen molar-refractivity contribution >= 4 is 44.8 Å². The number of halogens is 3. The van der Waals surface area contributed by atoms with Crippen LogP contribution >= 0.6 is 34.8 Å². The summed E-state index contributed by atoms with van der Waals surface area (Å²) in [5.41, 5.74) is 0. The highest BCUT2D eigenvalue weighted by Crippen LogP contribution is 2.33. The molecule has 0 radical (unpaired) electrons. The fourth-order valence-corrected chi connectivity index (χ4v) is 4.97. The van der Waals surface area contributed by atoms with Gasteiger partial charge in [-0.1, -0.05) is 41.2 Å². The number of hydrogen-bond donors (Lipinski definition) is 2. The summed E-state index contributed by atoms with van der Waals surface area (Å²) >= 11 is 17.6. The molecule has 0 spiro atoms. The Morgan fingerprint density at radius 2 is 1.80 bits per heavy atom. The van der Waals surface area contributed by atoms with Gasteiger partial charge in [-0.3, -0.25) is 0 Å². The lowest BCUT2D eigenvalue weighted by molar-refractivity contribution is 0.134. The SMILES string of the molecule is O=S(=O)(NCC1CCCC1O)c1c(Cl)cc(Cl)cc1Cl. The zero-order chi connectivity index (χ0) is 14.9. The van der Waals surface area contributed by atoms with Crippen molar-refractivity contribution in [3.63, 3.8) is 0 Å². The molecule has 8 heteroatoms. The number of aliphatic hydroxyl groups excluding tert-OH is 1. The van der Waals surface area contributed by atoms with Crippen molar-refractivity contribution in [1.29, 1.82) is 0 Å². The van der Waals surface area contributed by atoms with Crippen molar-refractivity contribution in [3.05, 3.63) is 27.2 Å². The summed E-state index contributed by atoms with van der Waals surface area (Å²) in [4.78, 5) is -0.183. The third kappa shape index (κ3) is 3.59. The highest BCUT2D eigenvalue weighted by Gasteiger charge is 2.28. The Hall–Kier alpha value is -0.0400. The highest BCUT2D eigenvalue weighted by atomic mass is 35.5. The van der Waals surface area contributed by atoms with Crippen LogP contribution in [0.3, 0.4) is 0 Å². The first-order chi connectivity index (χ1) is 9.31. The smallest absolute Gasteiger partial charge is 0.243 e. The lowest BCUT2D eigenvalue weighted by atomic mass is 10.1. The molecule has 0 aliphatic heterocycles. The zero-order valence-electron chi connectivity index (χ0n) is 10.4. The van der Waals surface area contributed by atoms with Crippen LogP contribution in [0.25, 0.3) is 0 Å². The molecule has 2 N–H and O–H groups in total. The van der Waals surface area contributed by atoms with E-state index in [4.69, 9.17) is 34.8 Å². The predicted octanol–water partition coefficient (Wildman–Crippen LogP) is 3.09. The van der Waals surface area contributed by atoms with E-state index in [1.807, 2.05) is 0 Å². The summed E-state index contributed by atoms with van der Waals surface area (Å²) in [7, 11) is -3.83. The zero-order valence-corrected chi connectivity index (χ0v) is 13.5. The Labute approximate surface area is 133 Å². The summed E-state index contributed by atoms with van der Waals surface area (Å²) < 4.78 is 26.9. The topological polar surface area (TPSA) is 66.4 Å². The fourth-order valence-electron chi connectivity index (χ4n) is 2.33. The minimum Gasteiger partial charge on any atom is -0.393 e. The quantitative estimate of drug-likeness (QED) is 0.869. The molecule has 2 rings (SSSR count). The second-order valence-corrected chi connectivity index (χ2v) is 7.76. The van der Waals surface area contributed by atoms with Gasteiger partial charge < -0.3 is 5.11 Å². The number of rotatable bonds is 4. The Balaban J connectivity index is 2.18. The first kappa shape index (κ1) is 16.3. The van der Waals surface area contributed by atoms with Gasteiger partial charge in [0.25, 0.3) is 0 Å². The highest BCUT2D eigenvalue weighted by molar-refractivity contribution is 7.89. The molecule has 2 atom stereocenters. The van der Waals surface area contributed by atoms with E-state index in [9.17, 15) is 13.5 Å². The first-order valence-corrected chi connectivity index (χ1v) is 8.75. The second-order valence-electron chi connectivity index (χ2n) is 4.81. The molecular formula is C12H14Cl3NO3S. The van der Waals surface area contributed by atoms with Gasteiger partial charge in [-0.2, -0.15) is 0 Å². The molecule has 112 valence electrons. The van der Waals surface area contributed by atoms with Gasteiger partial charge in [0, 0.05) is 11.6 Å². The van der Waals surface area contributed by atoms with E-state index in [0.717, 1.165) is 12.8 Å². The third-order valence-electron chi connectivity index (χ3n) is 3.39. The summed E-state index contributed by atoms with van der Waals surface area (Å²) in [5.74, 6) is -0.0744. The first-order valence-electron chi connectivity index (χ1n) is 6.13. The minimum atomic E-state index is -3.83. The Kier molecular flexibility index (Phi) is 5.21. The monoisotopic (exact) mass is 357 g/mol. The van der Waals surface area contributed by atoms with E-state index in [1.165, 1.54) is 12.1 Å². The molecule has 1 fully saturated rings. The second kappa shape index (κ2) is 6.38. The maximum absolute atomic E-state index is 12.2. The van der Waals surface area contributed by atoms with Crippen LogP contribution in [0.5, 0.6) is 0 Å². The molecule has 0 bridgehead atoms. The van der Waals surface area contributed by atoms with Gasteiger partial charge in [0.15, 0.2) is 0 Å². The lowest BCUT2D eigenvalue weighted by Crippen LogP contribution is -2.32. The average molecular weight is 359 g/mol. The van der Waals surface area contributed by atoms with Crippen molar-refractivity contribution in [2.75, 3.05) is 6.54 Å². The summed E-state index contributed by atoms with van der Waals surface area (Å²) in [6, 6.07) is 2.65. The molecule has 4 nitrogen and oxygen atoms in total. The van der Waals surface area contributed by atoms with Crippen LogP contribution in [0.4, 0.5) is 0 Å². The van der Waals surface area contributed by atoms with E-state index >= 15 is 0 Å². The maximum atomic E-state index is 12.2. The standard InChI is InChI=1S/C12H14Cl3NO3S/c13-8-4-9(14)12(10(15)5-8)20(18,19)16-6-7-2-1-3-11(7)17/h4-5,7,11,16-17H,1-3,6H2. The van der Waals surface area contributed by atoms with Crippen molar-refractivity contribution in [1.82, 2.24) is 4.72 Å². The van der Waals surface area contributed by atoms with E-state index in [-0.39, 0.29) is 32.4 Å². The van der Waals surface area contributed by atoms with Gasteiger partial charge in [-0.05, 0) is 30.9 Å². The Morgan fingerprint density at radius 1 is 1.20 bits per heavy atom. The van der Waals surface area contributed by atoms with Crippen LogP contribution in [0.15, 0.2) is 17.0 Å². The normalized spacial score (nSPS) is 23.2. The van der Waals surface area contributed by atoms with Crippen LogP contribution in [-0.2, 0) is 10.0 Å². The fraction of sp³-hybridized carbons (Fsp3) is 0.500. The third-order valence-corrected chi connectivity index (χ3v) is 5.95. The van der Waals surface area contributed by atoms with Crippen molar-refractivity contribution < 1.29 is 13.5 Å². The minimum absolute atomic E-state index is 0.0260. The summed E-state index contributed by atoms with van der Waals surface area (Å²) in [6.45, 7) is 0.165. The molecule has 0 saturated heterocycles. The molecule has 0 heterocycles. The maximum Gasteiger partial charge on any atom is 0.243 e. The van der Waals surface area contributed by atoms with Gasteiger partial charge in [-0.25, -0.2) is 13.1 Å². The van der Waals surface area contributed by atoms with E-state index in [1.54, 1.807) is 0 Å². The van der Waals surface area contributed by atoms with Gasteiger partial charge >= 0.3 is 0 Å². The molecule has 0 amide bonds. The number of nitrogens with one attached hydrogen (secondary N) is 1. The molecule has 20 heavy (non-hydrogen) atoms. The van der Waals surface area contributed by atoms with E-state index < -0.39 is 16.1 Å². The van der Waals surface area contributed by atoms with Gasteiger partial charge in [0.05, 0.1) is 16.1 Å². The molecule has 1 aromatic rings. The largest absolute Gasteiger partial charge is 0.393 e. The number of benzene rings is 1. The predicted molar refractivity (Wildman–Crippen MR) is 80.0 cm³/mol. The van der Waals surface area contributed by atoms with Crippen LogP contribution in [0.2, 0.25) is 15.1 Å². The van der Waals surface area contributed by atoms with Gasteiger partial charge in [0.1, 0.15) is 4.90 Å².